The quantitative estimate of drug-likeness (QED) is 0.833. The van der Waals surface area contributed by atoms with Gasteiger partial charge in [-0.2, -0.15) is 0 Å². The summed E-state index contributed by atoms with van der Waals surface area (Å²) in [6.07, 6.45) is 0.0577. The van der Waals surface area contributed by atoms with E-state index in [4.69, 9.17) is 9.47 Å². The minimum absolute atomic E-state index is 0.0577. The van der Waals surface area contributed by atoms with Crippen LogP contribution in [0.15, 0.2) is 48.7 Å². The first-order valence-electron chi connectivity index (χ1n) is 9.14. The number of nitrogens with one attached hydrogen (secondary N) is 2. The SMILES string of the molecule is C=C1COc2ccc(C(=O)N3c4ccc(F)cc4OC[C@@H]3CC(=O)NC)cc2N1. The van der Waals surface area contributed by atoms with Gasteiger partial charge in [0, 0.05) is 24.4 Å². The molecule has 2 heterocycles. The summed E-state index contributed by atoms with van der Waals surface area (Å²) in [6, 6.07) is 8.50. The molecule has 0 radical (unpaired) electrons. The van der Waals surface area contributed by atoms with E-state index in [-0.39, 0.29) is 30.6 Å². The number of amides is 2. The first kappa shape index (κ1) is 18.8. The molecule has 4 rings (SSSR count). The van der Waals surface area contributed by atoms with Crippen molar-refractivity contribution in [3.05, 3.63) is 60.1 Å². The number of ether oxygens (including phenoxy) is 2. The third-order valence-electron chi connectivity index (χ3n) is 4.84. The lowest BCUT2D eigenvalue weighted by Crippen LogP contribution is -2.49. The minimum atomic E-state index is -0.532. The zero-order valence-corrected chi connectivity index (χ0v) is 15.8. The molecule has 2 aromatic rings. The average Bonchev–Trinajstić information content (AvgIpc) is 2.72. The van der Waals surface area contributed by atoms with Gasteiger partial charge in [-0.25, -0.2) is 4.39 Å². The summed E-state index contributed by atoms with van der Waals surface area (Å²) < 4.78 is 24.9. The second-order valence-electron chi connectivity index (χ2n) is 6.86. The maximum atomic E-state index is 13.7. The van der Waals surface area contributed by atoms with Gasteiger partial charge in [0.1, 0.15) is 30.5 Å². The first-order valence-corrected chi connectivity index (χ1v) is 9.14. The molecule has 29 heavy (non-hydrogen) atoms. The van der Waals surface area contributed by atoms with Crippen molar-refractivity contribution in [2.45, 2.75) is 12.5 Å². The topological polar surface area (TPSA) is 79.9 Å². The van der Waals surface area contributed by atoms with Crippen molar-refractivity contribution in [1.29, 1.82) is 0 Å². The van der Waals surface area contributed by atoms with E-state index in [1.165, 1.54) is 30.1 Å². The highest BCUT2D eigenvalue weighted by Crippen LogP contribution is 2.37. The fourth-order valence-electron chi connectivity index (χ4n) is 3.42. The van der Waals surface area contributed by atoms with Gasteiger partial charge in [0.05, 0.1) is 23.8 Å². The lowest BCUT2D eigenvalue weighted by molar-refractivity contribution is -0.121. The second-order valence-corrected chi connectivity index (χ2v) is 6.86. The van der Waals surface area contributed by atoms with Crippen LogP contribution in [0.3, 0.4) is 0 Å². The summed E-state index contributed by atoms with van der Waals surface area (Å²) in [6.45, 7) is 4.28. The maximum absolute atomic E-state index is 13.7. The third kappa shape index (κ3) is 3.61. The van der Waals surface area contributed by atoms with Gasteiger partial charge in [0.25, 0.3) is 5.91 Å². The molecule has 7 nitrogen and oxygen atoms in total. The minimum Gasteiger partial charge on any atom is -0.489 e. The van der Waals surface area contributed by atoms with Crippen LogP contribution in [0.1, 0.15) is 16.8 Å². The molecule has 0 aromatic heterocycles. The molecule has 150 valence electrons. The summed E-state index contributed by atoms with van der Waals surface area (Å²) in [4.78, 5) is 26.9. The number of benzene rings is 2. The van der Waals surface area contributed by atoms with Gasteiger partial charge in [0.2, 0.25) is 5.91 Å². The number of carbonyl (C=O) groups is 2. The Balaban J connectivity index is 1.72. The Bertz CT molecular complexity index is 1010. The number of anilines is 2. The van der Waals surface area contributed by atoms with Gasteiger partial charge >= 0.3 is 0 Å². The van der Waals surface area contributed by atoms with Crippen LogP contribution >= 0.6 is 0 Å². The monoisotopic (exact) mass is 397 g/mol. The van der Waals surface area contributed by atoms with Crippen LogP contribution in [0, 0.1) is 5.82 Å². The van der Waals surface area contributed by atoms with E-state index in [1.54, 1.807) is 18.2 Å². The lowest BCUT2D eigenvalue weighted by atomic mass is 10.0. The zero-order valence-electron chi connectivity index (χ0n) is 15.8. The van der Waals surface area contributed by atoms with E-state index in [1.807, 2.05) is 0 Å². The third-order valence-corrected chi connectivity index (χ3v) is 4.84. The predicted molar refractivity (Wildman–Crippen MR) is 106 cm³/mol. The van der Waals surface area contributed by atoms with Crippen LogP contribution in [0.2, 0.25) is 0 Å². The van der Waals surface area contributed by atoms with Crippen LogP contribution in [0.25, 0.3) is 0 Å². The molecule has 0 saturated heterocycles. The van der Waals surface area contributed by atoms with E-state index in [9.17, 15) is 14.0 Å². The fraction of sp³-hybridized carbons (Fsp3) is 0.238. The van der Waals surface area contributed by atoms with Crippen molar-refractivity contribution in [3.63, 3.8) is 0 Å². The molecule has 2 N–H and O–H groups in total. The smallest absolute Gasteiger partial charge is 0.258 e. The Morgan fingerprint density at radius 3 is 2.86 bits per heavy atom. The van der Waals surface area contributed by atoms with Gasteiger partial charge in [-0.3, -0.25) is 14.5 Å². The molecular formula is C21H20FN3O4. The van der Waals surface area contributed by atoms with Gasteiger partial charge in [0.15, 0.2) is 0 Å². The zero-order chi connectivity index (χ0) is 20.5. The van der Waals surface area contributed by atoms with Crippen molar-refractivity contribution in [2.75, 3.05) is 30.5 Å². The molecule has 2 amide bonds. The van der Waals surface area contributed by atoms with E-state index < -0.39 is 11.9 Å². The molecule has 0 fully saturated rings. The number of hydrogen-bond donors (Lipinski definition) is 2. The highest BCUT2D eigenvalue weighted by molar-refractivity contribution is 6.08. The molecule has 2 aliphatic heterocycles. The van der Waals surface area contributed by atoms with Crippen molar-refractivity contribution in [1.82, 2.24) is 5.32 Å². The lowest BCUT2D eigenvalue weighted by Gasteiger charge is -2.37. The molecule has 8 heteroatoms. The van der Waals surface area contributed by atoms with Crippen LogP contribution in [-0.4, -0.2) is 38.1 Å². The van der Waals surface area contributed by atoms with E-state index in [0.717, 1.165) is 0 Å². The fourth-order valence-corrected chi connectivity index (χ4v) is 3.42. The summed E-state index contributed by atoms with van der Waals surface area (Å²) in [7, 11) is 1.53. The molecule has 0 spiro atoms. The summed E-state index contributed by atoms with van der Waals surface area (Å²) in [5.41, 5.74) is 2.14. The molecular weight excluding hydrogens is 377 g/mol. The maximum Gasteiger partial charge on any atom is 0.258 e. The summed E-state index contributed by atoms with van der Waals surface area (Å²) >= 11 is 0. The van der Waals surface area contributed by atoms with Crippen molar-refractivity contribution in [3.8, 4) is 11.5 Å². The summed E-state index contributed by atoms with van der Waals surface area (Å²) in [5.74, 6) is -0.122. The number of rotatable bonds is 3. The van der Waals surface area contributed by atoms with Crippen LogP contribution in [-0.2, 0) is 4.79 Å². The molecule has 1 atom stereocenters. The van der Waals surface area contributed by atoms with Crippen molar-refractivity contribution >= 4 is 23.2 Å². The van der Waals surface area contributed by atoms with Crippen molar-refractivity contribution < 1.29 is 23.5 Å². The highest BCUT2D eigenvalue weighted by Gasteiger charge is 2.35. The number of halogens is 1. The molecule has 2 aliphatic rings. The summed E-state index contributed by atoms with van der Waals surface area (Å²) in [5, 5.41) is 5.67. The number of hydrogen-bond acceptors (Lipinski definition) is 5. The van der Waals surface area contributed by atoms with Crippen molar-refractivity contribution in [2.24, 2.45) is 0 Å². The average molecular weight is 397 g/mol. The normalized spacial score (nSPS) is 17.2. The molecule has 0 saturated carbocycles. The molecule has 0 aliphatic carbocycles. The van der Waals surface area contributed by atoms with E-state index in [0.29, 0.717) is 35.0 Å². The van der Waals surface area contributed by atoms with Gasteiger partial charge < -0.3 is 20.1 Å². The number of carbonyl (C=O) groups excluding carboxylic acids is 2. The molecule has 2 aromatic carbocycles. The van der Waals surface area contributed by atoms with Crippen LogP contribution in [0.5, 0.6) is 11.5 Å². The standard InChI is InChI=1S/C21H20FN3O4/c1-12-10-28-18-6-3-13(7-16(18)24-12)21(27)25-15(9-20(26)23-2)11-29-19-8-14(22)4-5-17(19)25/h3-8,15,24H,1,9-11H2,2H3,(H,23,26)/t15-/m0/s1. The van der Waals surface area contributed by atoms with E-state index >= 15 is 0 Å². The molecule has 0 bridgehead atoms. The van der Waals surface area contributed by atoms with Gasteiger partial charge in [-0.05, 0) is 30.3 Å². The second kappa shape index (κ2) is 7.46. The Morgan fingerprint density at radius 1 is 1.24 bits per heavy atom. The van der Waals surface area contributed by atoms with Crippen LogP contribution in [0.4, 0.5) is 15.8 Å². The number of fused-ring (bicyclic) bond motifs is 2. The predicted octanol–water partition coefficient (Wildman–Crippen LogP) is 2.69. The number of nitrogens with zero attached hydrogens (tertiary/aromatic N) is 1. The largest absolute Gasteiger partial charge is 0.489 e. The van der Waals surface area contributed by atoms with Gasteiger partial charge in [-0.15, -0.1) is 0 Å². The van der Waals surface area contributed by atoms with Gasteiger partial charge in [-0.1, -0.05) is 6.58 Å². The highest BCUT2D eigenvalue weighted by atomic mass is 19.1. The molecule has 0 unspecified atom stereocenters. The Labute approximate surface area is 167 Å². The van der Waals surface area contributed by atoms with E-state index in [2.05, 4.69) is 17.2 Å². The Hall–Kier alpha value is -3.55. The van der Waals surface area contributed by atoms with Crippen LogP contribution < -0.4 is 25.0 Å². The Kier molecular flexibility index (Phi) is 4.84. The first-order chi connectivity index (χ1) is 14.0. The Morgan fingerprint density at radius 2 is 2.07 bits per heavy atom.